The van der Waals surface area contributed by atoms with E-state index in [0.717, 1.165) is 11.1 Å². The zero-order valence-corrected chi connectivity index (χ0v) is 16.2. The Balaban J connectivity index is 2.05. The molecule has 28 heavy (non-hydrogen) atoms. The molecule has 0 bridgehead atoms. The van der Waals surface area contributed by atoms with Gasteiger partial charge in [0.2, 0.25) is 11.8 Å². The van der Waals surface area contributed by atoms with Crippen LogP contribution in [0.3, 0.4) is 0 Å². The Bertz CT molecular complexity index is 827. The maximum Gasteiger partial charge on any atom is 0.408 e. The first-order chi connectivity index (χ1) is 13.1. The van der Waals surface area contributed by atoms with E-state index < -0.39 is 29.6 Å². The quantitative estimate of drug-likeness (QED) is 0.712. The van der Waals surface area contributed by atoms with Crippen LogP contribution in [0.1, 0.15) is 27.2 Å². The maximum atomic E-state index is 12.5. The van der Waals surface area contributed by atoms with E-state index in [1.807, 2.05) is 42.5 Å². The van der Waals surface area contributed by atoms with Gasteiger partial charge in [-0.2, -0.15) is 0 Å². The SMILES string of the molecule is CC(C)(C)OC(=O)N[C@@H](CC(N)=O)C(=O)Nc1ccc(-c2ccccc2)cc1. The number of amides is 3. The molecule has 0 aliphatic rings. The lowest BCUT2D eigenvalue weighted by Crippen LogP contribution is -2.47. The molecule has 1 atom stereocenters. The first kappa shape index (κ1) is 21.0. The van der Waals surface area contributed by atoms with E-state index >= 15 is 0 Å². The number of carbonyl (C=O) groups excluding carboxylic acids is 3. The molecule has 148 valence electrons. The van der Waals surface area contributed by atoms with Crippen molar-refractivity contribution in [2.45, 2.75) is 38.8 Å². The minimum absolute atomic E-state index is 0.340. The van der Waals surface area contributed by atoms with Gasteiger partial charge in [0.05, 0.1) is 6.42 Å². The normalized spacial score (nSPS) is 12.0. The van der Waals surface area contributed by atoms with Crippen molar-refractivity contribution >= 4 is 23.6 Å². The molecule has 7 heteroatoms. The van der Waals surface area contributed by atoms with E-state index in [1.165, 1.54) is 0 Å². The molecule has 2 rings (SSSR count). The molecule has 7 nitrogen and oxygen atoms in total. The van der Waals surface area contributed by atoms with Crippen LogP contribution in [0.2, 0.25) is 0 Å². The van der Waals surface area contributed by atoms with Crippen LogP contribution in [-0.4, -0.2) is 29.6 Å². The fraction of sp³-hybridized carbons (Fsp3) is 0.286. The first-order valence-corrected chi connectivity index (χ1v) is 8.88. The van der Waals surface area contributed by atoms with E-state index in [-0.39, 0.29) is 6.42 Å². The van der Waals surface area contributed by atoms with Gasteiger partial charge in [0.25, 0.3) is 0 Å². The van der Waals surface area contributed by atoms with Crippen molar-refractivity contribution in [1.29, 1.82) is 0 Å². The summed E-state index contributed by atoms with van der Waals surface area (Å²) in [4.78, 5) is 35.7. The Hall–Kier alpha value is -3.35. The highest BCUT2D eigenvalue weighted by Crippen LogP contribution is 2.21. The van der Waals surface area contributed by atoms with Crippen LogP contribution in [0.5, 0.6) is 0 Å². The summed E-state index contributed by atoms with van der Waals surface area (Å²) < 4.78 is 5.13. The van der Waals surface area contributed by atoms with Gasteiger partial charge >= 0.3 is 6.09 Å². The minimum atomic E-state index is -1.14. The van der Waals surface area contributed by atoms with Gasteiger partial charge < -0.3 is 21.1 Å². The predicted molar refractivity (Wildman–Crippen MR) is 107 cm³/mol. The van der Waals surface area contributed by atoms with Gasteiger partial charge in [0, 0.05) is 5.69 Å². The third kappa shape index (κ3) is 6.75. The highest BCUT2D eigenvalue weighted by atomic mass is 16.6. The van der Waals surface area contributed by atoms with E-state index in [1.54, 1.807) is 32.9 Å². The summed E-state index contributed by atoms with van der Waals surface area (Å²) in [6.45, 7) is 5.10. The number of rotatable bonds is 6. The van der Waals surface area contributed by atoms with E-state index in [9.17, 15) is 14.4 Å². The van der Waals surface area contributed by atoms with Gasteiger partial charge in [-0.15, -0.1) is 0 Å². The lowest BCUT2D eigenvalue weighted by Gasteiger charge is -2.22. The van der Waals surface area contributed by atoms with Gasteiger partial charge in [0.15, 0.2) is 0 Å². The number of benzene rings is 2. The number of hydrogen-bond donors (Lipinski definition) is 3. The van der Waals surface area contributed by atoms with E-state index in [2.05, 4.69) is 10.6 Å². The smallest absolute Gasteiger partial charge is 0.408 e. The van der Waals surface area contributed by atoms with E-state index in [0.29, 0.717) is 5.69 Å². The van der Waals surface area contributed by atoms with Crippen molar-refractivity contribution < 1.29 is 19.1 Å². The summed E-state index contributed by atoms with van der Waals surface area (Å²) >= 11 is 0. The topological polar surface area (TPSA) is 111 Å². The molecule has 0 heterocycles. The molecule has 4 N–H and O–H groups in total. The summed E-state index contributed by atoms with van der Waals surface area (Å²) in [6.07, 6.45) is -1.14. The predicted octanol–water partition coefficient (Wildman–Crippen LogP) is 3.06. The second-order valence-corrected chi connectivity index (χ2v) is 7.30. The molecule has 0 aliphatic heterocycles. The van der Waals surface area contributed by atoms with Crippen LogP contribution in [0, 0.1) is 0 Å². The summed E-state index contributed by atoms with van der Waals surface area (Å²) in [6, 6.07) is 15.9. The van der Waals surface area contributed by atoms with Crippen molar-refractivity contribution in [2.75, 3.05) is 5.32 Å². The van der Waals surface area contributed by atoms with Gasteiger partial charge in [-0.1, -0.05) is 42.5 Å². The van der Waals surface area contributed by atoms with Crippen LogP contribution >= 0.6 is 0 Å². The lowest BCUT2D eigenvalue weighted by molar-refractivity contribution is -0.124. The summed E-state index contributed by atoms with van der Waals surface area (Å²) in [5.41, 5.74) is 7.06. The molecule has 0 saturated heterocycles. The number of ether oxygens (including phenoxy) is 1. The molecular weight excluding hydrogens is 358 g/mol. The number of anilines is 1. The molecule has 0 aliphatic carbocycles. The third-order valence-corrected chi connectivity index (χ3v) is 3.67. The maximum absolute atomic E-state index is 12.5. The van der Waals surface area contributed by atoms with Crippen molar-refractivity contribution in [1.82, 2.24) is 5.32 Å². The van der Waals surface area contributed by atoms with Crippen molar-refractivity contribution in [2.24, 2.45) is 5.73 Å². The van der Waals surface area contributed by atoms with Gasteiger partial charge in [-0.05, 0) is 44.0 Å². The number of alkyl carbamates (subject to hydrolysis) is 1. The minimum Gasteiger partial charge on any atom is -0.444 e. The molecule has 0 fully saturated rings. The zero-order valence-electron chi connectivity index (χ0n) is 16.2. The molecule has 2 aromatic carbocycles. The van der Waals surface area contributed by atoms with Crippen LogP contribution in [0.25, 0.3) is 11.1 Å². The number of carbonyl (C=O) groups is 3. The molecule has 0 radical (unpaired) electrons. The summed E-state index contributed by atoms with van der Waals surface area (Å²) in [7, 11) is 0. The molecule has 0 aromatic heterocycles. The van der Waals surface area contributed by atoms with Gasteiger partial charge in [-0.25, -0.2) is 4.79 Å². The molecule has 0 spiro atoms. The Morgan fingerprint density at radius 1 is 0.964 bits per heavy atom. The van der Waals surface area contributed by atoms with Crippen molar-refractivity contribution in [3.8, 4) is 11.1 Å². The number of hydrogen-bond acceptors (Lipinski definition) is 4. The molecule has 2 aromatic rings. The first-order valence-electron chi connectivity index (χ1n) is 8.88. The molecular formula is C21H25N3O4. The van der Waals surface area contributed by atoms with Crippen LogP contribution in [0.15, 0.2) is 54.6 Å². The molecule has 0 saturated carbocycles. The lowest BCUT2D eigenvalue weighted by atomic mass is 10.1. The molecule has 3 amide bonds. The highest BCUT2D eigenvalue weighted by Gasteiger charge is 2.26. The fourth-order valence-electron chi connectivity index (χ4n) is 2.47. The average Bonchev–Trinajstić information content (AvgIpc) is 2.60. The number of nitrogens with one attached hydrogen (secondary N) is 2. The largest absolute Gasteiger partial charge is 0.444 e. The van der Waals surface area contributed by atoms with Crippen LogP contribution in [-0.2, 0) is 14.3 Å². The van der Waals surface area contributed by atoms with Gasteiger partial charge in [-0.3, -0.25) is 9.59 Å². The van der Waals surface area contributed by atoms with Crippen molar-refractivity contribution in [3.63, 3.8) is 0 Å². The Morgan fingerprint density at radius 3 is 2.07 bits per heavy atom. The van der Waals surface area contributed by atoms with Gasteiger partial charge in [0.1, 0.15) is 11.6 Å². The molecule has 0 unspecified atom stereocenters. The third-order valence-electron chi connectivity index (χ3n) is 3.67. The standard InChI is InChI=1S/C21H25N3O4/c1-21(2,3)28-20(27)24-17(13-18(22)25)19(26)23-16-11-9-15(10-12-16)14-7-5-4-6-8-14/h4-12,17H,13H2,1-3H3,(H2,22,25)(H,23,26)(H,24,27)/t17-/m0/s1. The van der Waals surface area contributed by atoms with Crippen molar-refractivity contribution in [3.05, 3.63) is 54.6 Å². The Labute approximate surface area is 164 Å². The second kappa shape index (κ2) is 9.03. The number of primary amides is 1. The highest BCUT2D eigenvalue weighted by molar-refractivity contribution is 5.99. The Kier molecular flexibility index (Phi) is 6.76. The van der Waals surface area contributed by atoms with Crippen LogP contribution in [0.4, 0.5) is 10.5 Å². The fourth-order valence-corrected chi connectivity index (χ4v) is 2.47. The van der Waals surface area contributed by atoms with Crippen LogP contribution < -0.4 is 16.4 Å². The second-order valence-electron chi connectivity index (χ2n) is 7.30. The zero-order chi connectivity index (χ0) is 20.7. The Morgan fingerprint density at radius 2 is 1.54 bits per heavy atom. The summed E-state index contributed by atoms with van der Waals surface area (Å²) in [5.74, 6) is -1.27. The average molecular weight is 383 g/mol. The number of nitrogens with two attached hydrogens (primary N) is 1. The monoisotopic (exact) mass is 383 g/mol. The summed E-state index contributed by atoms with van der Waals surface area (Å²) in [5, 5.41) is 5.07. The van der Waals surface area contributed by atoms with E-state index in [4.69, 9.17) is 10.5 Å².